The molecule has 2 heteroatoms. The lowest BCUT2D eigenvalue weighted by molar-refractivity contribution is 0.624. The fraction of sp³-hybridized carbons (Fsp3) is 0.455. The van der Waals surface area contributed by atoms with Crippen molar-refractivity contribution in [3.05, 3.63) is 23.8 Å². The first-order valence-corrected chi connectivity index (χ1v) is 4.42. The van der Waals surface area contributed by atoms with Crippen LogP contribution >= 0.6 is 0 Å². The first-order valence-electron chi connectivity index (χ1n) is 4.42. The van der Waals surface area contributed by atoms with Crippen molar-refractivity contribution >= 4 is 5.71 Å². The van der Waals surface area contributed by atoms with Gasteiger partial charge in [0.1, 0.15) is 0 Å². The molecule has 0 saturated carbocycles. The monoisotopic (exact) mass is 174 g/mol. The second kappa shape index (κ2) is 4.04. The molecule has 68 valence electrons. The summed E-state index contributed by atoms with van der Waals surface area (Å²) < 4.78 is 0. The van der Waals surface area contributed by atoms with Gasteiger partial charge in [0.15, 0.2) is 0 Å². The van der Waals surface area contributed by atoms with Crippen LogP contribution in [0.15, 0.2) is 28.8 Å². The Kier molecular flexibility index (Phi) is 3.02. The Morgan fingerprint density at radius 2 is 2.23 bits per heavy atom. The van der Waals surface area contributed by atoms with Gasteiger partial charge in [0.2, 0.25) is 0 Å². The number of hydrogen-bond donors (Lipinski definition) is 0. The lowest BCUT2D eigenvalue weighted by Gasteiger charge is -2.06. The SMILES string of the molecule is CN=C1C=CC(C)C(C#N)C=C1C. The van der Waals surface area contributed by atoms with E-state index in [-0.39, 0.29) is 11.8 Å². The summed E-state index contributed by atoms with van der Waals surface area (Å²) in [5.74, 6) is 0.259. The summed E-state index contributed by atoms with van der Waals surface area (Å²) in [6, 6.07) is 2.29. The number of nitrogens with zero attached hydrogens (tertiary/aromatic N) is 2. The Morgan fingerprint density at radius 3 is 2.77 bits per heavy atom. The van der Waals surface area contributed by atoms with Crippen LogP contribution < -0.4 is 0 Å². The van der Waals surface area contributed by atoms with E-state index in [1.165, 1.54) is 0 Å². The highest BCUT2D eigenvalue weighted by Crippen LogP contribution is 2.20. The molecule has 0 aromatic carbocycles. The van der Waals surface area contributed by atoms with Crippen LogP contribution in [-0.4, -0.2) is 12.8 Å². The van der Waals surface area contributed by atoms with Crippen molar-refractivity contribution in [3.63, 3.8) is 0 Å². The highest BCUT2D eigenvalue weighted by Gasteiger charge is 2.15. The smallest absolute Gasteiger partial charge is 0.0709 e. The van der Waals surface area contributed by atoms with Crippen LogP contribution in [0.3, 0.4) is 0 Å². The predicted molar refractivity (Wildman–Crippen MR) is 54.5 cm³/mol. The zero-order valence-corrected chi connectivity index (χ0v) is 8.28. The topological polar surface area (TPSA) is 36.1 Å². The van der Waals surface area contributed by atoms with Gasteiger partial charge in [0, 0.05) is 7.05 Å². The average molecular weight is 174 g/mol. The highest BCUT2D eigenvalue weighted by molar-refractivity contribution is 6.08. The van der Waals surface area contributed by atoms with Gasteiger partial charge >= 0.3 is 0 Å². The van der Waals surface area contributed by atoms with Crippen molar-refractivity contribution in [2.24, 2.45) is 16.8 Å². The molecule has 0 N–H and O–H groups in total. The molecule has 0 saturated heterocycles. The molecule has 1 aliphatic carbocycles. The molecule has 2 atom stereocenters. The third-order valence-corrected chi connectivity index (χ3v) is 2.35. The molecule has 2 unspecified atom stereocenters. The van der Waals surface area contributed by atoms with Gasteiger partial charge in [-0.3, -0.25) is 4.99 Å². The molecule has 0 bridgehead atoms. The van der Waals surface area contributed by atoms with Crippen LogP contribution in [0.2, 0.25) is 0 Å². The Bertz CT molecular complexity index is 315. The minimum atomic E-state index is -0.0181. The Morgan fingerprint density at radius 1 is 1.54 bits per heavy atom. The van der Waals surface area contributed by atoms with Gasteiger partial charge in [-0.15, -0.1) is 0 Å². The van der Waals surface area contributed by atoms with Gasteiger partial charge in [-0.2, -0.15) is 5.26 Å². The van der Waals surface area contributed by atoms with E-state index >= 15 is 0 Å². The van der Waals surface area contributed by atoms with Crippen molar-refractivity contribution in [2.45, 2.75) is 13.8 Å². The Labute approximate surface area is 79.3 Å². The third kappa shape index (κ3) is 2.06. The Balaban J connectivity index is 3.07. The molecule has 0 aromatic heterocycles. The molecule has 2 nitrogen and oxygen atoms in total. The third-order valence-electron chi connectivity index (χ3n) is 2.35. The molecule has 0 heterocycles. The fourth-order valence-electron chi connectivity index (χ4n) is 1.41. The van der Waals surface area contributed by atoms with Crippen molar-refractivity contribution in [3.8, 4) is 6.07 Å². The molecule has 1 rings (SSSR count). The maximum absolute atomic E-state index is 8.89. The second-order valence-electron chi connectivity index (χ2n) is 3.33. The summed E-state index contributed by atoms with van der Waals surface area (Å²) in [5.41, 5.74) is 2.07. The van der Waals surface area contributed by atoms with Crippen LogP contribution in [0.1, 0.15) is 13.8 Å². The lowest BCUT2D eigenvalue weighted by Crippen LogP contribution is -2.03. The zero-order chi connectivity index (χ0) is 9.84. The van der Waals surface area contributed by atoms with Crippen molar-refractivity contribution in [2.75, 3.05) is 7.05 Å². The largest absolute Gasteiger partial charge is 0.288 e. The maximum Gasteiger partial charge on any atom is 0.0709 e. The van der Waals surface area contributed by atoms with Crippen molar-refractivity contribution in [1.82, 2.24) is 0 Å². The molecular weight excluding hydrogens is 160 g/mol. The molecule has 0 amide bonds. The van der Waals surface area contributed by atoms with Crippen molar-refractivity contribution < 1.29 is 0 Å². The zero-order valence-electron chi connectivity index (χ0n) is 8.28. The van der Waals surface area contributed by atoms with Crippen LogP contribution in [0.25, 0.3) is 0 Å². The lowest BCUT2D eigenvalue weighted by atomic mass is 9.95. The molecule has 1 aliphatic rings. The summed E-state index contributed by atoms with van der Waals surface area (Å²) in [4.78, 5) is 4.14. The summed E-state index contributed by atoms with van der Waals surface area (Å²) in [6.45, 7) is 4.04. The molecule has 0 aromatic rings. The number of hydrogen-bond acceptors (Lipinski definition) is 2. The van der Waals surface area contributed by atoms with E-state index in [9.17, 15) is 0 Å². The van der Waals surface area contributed by atoms with Crippen molar-refractivity contribution in [1.29, 1.82) is 5.26 Å². The molecule has 0 radical (unpaired) electrons. The fourth-order valence-corrected chi connectivity index (χ4v) is 1.41. The molecule has 0 fully saturated rings. The predicted octanol–water partition coefficient (Wildman–Crippen LogP) is 2.35. The summed E-state index contributed by atoms with van der Waals surface area (Å²) in [7, 11) is 1.77. The van der Waals surface area contributed by atoms with E-state index in [1.807, 2.05) is 32.1 Å². The van der Waals surface area contributed by atoms with E-state index in [0.29, 0.717) is 0 Å². The molecule has 0 aliphatic heterocycles. The quantitative estimate of drug-likeness (QED) is 0.555. The normalized spacial score (nSPS) is 30.9. The van der Waals surface area contributed by atoms with E-state index in [4.69, 9.17) is 5.26 Å². The molecule has 0 spiro atoms. The summed E-state index contributed by atoms with van der Waals surface area (Å²) in [5, 5.41) is 8.89. The second-order valence-corrected chi connectivity index (χ2v) is 3.33. The van der Waals surface area contributed by atoms with Gasteiger partial charge < -0.3 is 0 Å². The Hall–Kier alpha value is -1.36. The molecular formula is C11H14N2. The van der Waals surface area contributed by atoms with Gasteiger partial charge in [-0.25, -0.2) is 0 Å². The van der Waals surface area contributed by atoms with Gasteiger partial charge in [-0.1, -0.05) is 19.1 Å². The van der Waals surface area contributed by atoms with E-state index < -0.39 is 0 Å². The summed E-state index contributed by atoms with van der Waals surface area (Å²) in [6.07, 6.45) is 6.03. The number of rotatable bonds is 0. The number of nitriles is 1. The van der Waals surface area contributed by atoms with Gasteiger partial charge in [0.05, 0.1) is 17.7 Å². The first kappa shape index (κ1) is 9.73. The maximum atomic E-state index is 8.89. The van der Waals surface area contributed by atoms with E-state index in [1.54, 1.807) is 7.05 Å². The van der Waals surface area contributed by atoms with Crippen LogP contribution in [0.4, 0.5) is 0 Å². The van der Waals surface area contributed by atoms with E-state index in [0.717, 1.165) is 11.3 Å². The number of allylic oxidation sites excluding steroid dienone is 4. The first-order chi connectivity index (χ1) is 6.19. The van der Waals surface area contributed by atoms with Crippen LogP contribution in [-0.2, 0) is 0 Å². The minimum Gasteiger partial charge on any atom is -0.288 e. The average Bonchev–Trinajstić information content (AvgIpc) is 2.26. The van der Waals surface area contributed by atoms with Gasteiger partial charge in [0.25, 0.3) is 0 Å². The molecule has 13 heavy (non-hydrogen) atoms. The van der Waals surface area contributed by atoms with Crippen LogP contribution in [0.5, 0.6) is 0 Å². The number of aliphatic imine (C=N–C) groups is 1. The van der Waals surface area contributed by atoms with Gasteiger partial charge in [-0.05, 0) is 24.5 Å². The van der Waals surface area contributed by atoms with E-state index in [2.05, 4.69) is 11.1 Å². The highest BCUT2D eigenvalue weighted by atomic mass is 14.7. The minimum absolute atomic E-state index is 0.0181. The summed E-state index contributed by atoms with van der Waals surface area (Å²) >= 11 is 0. The standard InChI is InChI=1S/C11H14N2/c1-8-4-5-11(13-3)9(2)6-10(8)7-12/h4-6,8,10H,1-3H3. The van der Waals surface area contributed by atoms with Crippen LogP contribution in [0, 0.1) is 23.2 Å².